The van der Waals surface area contributed by atoms with Crippen LogP contribution in [0, 0.1) is 0 Å². The Bertz CT molecular complexity index is 2380. The largest absolute Gasteiger partial charge is 0.0622 e. The van der Waals surface area contributed by atoms with E-state index in [2.05, 4.69) is 221 Å². The maximum absolute atomic E-state index is 3.87. The van der Waals surface area contributed by atoms with Gasteiger partial charge in [0.1, 0.15) is 0 Å². The number of hydrogen-bond acceptors (Lipinski definition) is 0. The highest BCUT2D eigenvalue weighted by atomic mass is 79.9. The zero-order chi connectivity index (χ0) is 33.9. The van der Waals surface area contributed by atoms with E-state index in [-0.39, 0.29) is 0 Å². The molecule has 0 aliphatic carbocycles. The lowest BCUT2D eigenvalue weighted by Gasteiger charge is -2.23. The maximum atomic E-state index is 3.87. The molecule has 50 heavy (non-hydrogen) atoms. The van der Waals surface area contributed by atoms with Crippen molar-refractivity contribution in [2.45, 2.75) is 0 Å². The van der Waals surface area contributed by atoms with Gasteiger partial charge in [0.05, 0.1) is 0 Å². The SMILES string of the molecule is Brc1cc2c(-c3ccccc3)c3cc4c(-c5ccccc5)c5cc(Br)c(Br)cc5c(-c5ccccc5)c4cc3c(-c3ccccc3)c2cc1Br. The minimum atomic E-state index is 1.03. The van der Waals surface area contributed by atoms with Gasteiger partial charge in [-0.15, -0.1) is 0 Å². The molecular weight excluding hydrogens is 872 g/mol. The fraction of sp³-hybridized carbons (Fsp3) is 0. The van der Waals surface area contributed by atoms with Crippen molar-refractivity contribution in [3.63, 3.8) is 0 Å². The van der Waals surface area contributed by atoms with Crippen LogP contribution in [-0.4, -0.2) is 0 Å². The van der Waals surface area contributed by atoms with E-state index in [0.717, 1.165) is 17.9 Å². The first-order valence-corrected chi connectivity index (χ1v) is 19.5. The number of halogens is 4. The molecule has 0 saturated carbocycles. The summed E-state index contributed by atoms with van der Waals surface area (Å²) in [6.07, 6.45) is 0. The van der Waals surface area contributed by atoms with Crippen molar-refractivity contribution in [2.24, 2.45) is 0 Å². The lowest BCUT2D eigenvalue weighted by Crippen LogP contribution is -1.95. The van der Waals surface area contributed by atoms with Gasteiger partial charge in [-0.3, -0.25) is 0 Å². The monoisotopic (exact) mass is 894 g/mol. The summed E-state index contributed by atoms with van der Waals surface area (Å²) in [5, 5.41) is 9.69. The molecule has 4 heteroatoms. The van der Waals surface area contributed by atoms with Crippen molar-refractivity contribution in [2.75, 3.05) is 0 Å². The lowest BCUT2D eigenvalue weighted by molar-refractivity contribution is 1.61. The Morgan fingerprint density at radius 2 is 0.400 bits per heavy atom. The molecule has 238 valence electrons. The fourth-order valence-corrected chi connectivity index (χ4v) is 8.97. The third kappa shape index (κ3) is 5.27. The summed E-state index contributed by atoms with van der Waals surface area (Å²) in [6, 6.07) is 57.4. The predicted molar refractivity (Wildman–Crippen MR) is 229 cm³/mol. The Labute approximate surface area is 324 Å². The van der Waals surface area contributed by atoms with Crippen LogP contribution in [0.15, 0.2) is 176 Å². The van der Waals surface area contributed by atoms with Crippen molar-refractivity contribution in [1.82, 2.24) is 0 Å². The normalized spacial score (nSPS) is 11.6. The number of fused-ring (bicyclic) bond motifs is 4. The van der Waals surface area contributed by atoms with Crippen LogP contribution in [0.1, 0.15) is 0 Å². The highest BCUT2D eigenvalue weighted by Crippen LogP contribution is 2.51. The molecule has 0 nitrogen and oxygen atoms in total. The van der Waals surface area contributed by atoms with Crippen LogP contribution in [-0.2, 0) is 0 Å². The Morgan fingerprint density at radius 1 is 0.220 bits per heavy atom. The molecule has 0 aliphatic rings. The molecule has 0 saturated heterocycles. The van der Waals surface area contributed by atoms with E-state index in [1.54, 1.807) is 0 Å². The second-order valence-corrected chi connectivity index (χ2v) is 15.9. The van der Waals surface area contributed by atoms with Gasteiger partial charge in [0.2, 0.25) is 0 Å². The van der Waals surface area contributed by atoms with Gasteiger partial charge >= 0.3 is 0 Å². The first-order valence-electron chi connectivity index (χ1n) is 16.4. The molecule has 0 fully saturated rings. The zero-order valence-electron chi connectivity index (χ0n) is 26.5. The highest BCUT2D eigenvalue weighted by molar-refractivity contribution is 9.13. The third-order valence-corrected chi connectivity index (χ3v) is 13.4. The molecule has 0 atom stereocenters. The van der Waals surface area contributed by atoms with Gasteiger partial charge in [0.25, 0.3) is 0 Å². The van der Waals surface area contributed by atoms with E-state index in [1.807, 2.05) is 0 Å². The summed E-state index contributed by atoms with van der Waals surface area (Å²) in [4.78, 5) is 0. The van der Waals surface area contributed by atoms with E-state index >= 15 is 0 Å². The predicted octanol–water partition coefficient (Wildman–Crippen LogP) is 16.0. The van der Waals surface area contributed by atoms with Crippen molar-refractivity contribution in [1.29, 1.82) is 0 Å². The summed E-state index contributed by atoms with van der Waals surface area (Å²) in [7, 11) is 0. The van der Waals surface area contributed by atoms with Gasteiger partial charge in [-0.2, -0.15) is 0 Å². The number of hydrogen-bond donors (Lipinski definition) is 0. The van der Waals surface area contributed by atoms with Crippen molar-refractivity contribution in [3.8, 4) is 44.5 Å². The van der Waals surface area contributed by atoms with Crippen LogP contribution in [0.2, 0.25) is 0 Å². The van der Waals surface area contributed by atoms with E-state index in [1.165, 1.54) is 87.6 Å². The molecule has 0 radical (unpaired) electrons. The molecule has 9 aromatic rings. The van der Waals surface area contributed by atoms with Gasteiger partial charge in [-0.05, 0) is 188 Å². The summed E-state index contributed by atoms with van der Waals surface area (Å²) >= 11 is 15.5. The molecule has 0 unspecified atom stereocenters. The zero-order valence-corrected chi connectivity index (χ0v) is 32.9. The summed E-state index contributed by atoms with van der Waals surface area (Å²) in [5.41, 5.74) is 9.65. The average Bonchev–Trinajstić information content (AvgIpc) is 3.15. The minimum Gasteiger partial charge on any atom is -0.0622 e. The van der Waals surface area contributed by atoms with Gasteiger partial charge in [-0.1, -0.05) is 121 Å². The molecule has 0 aromatic heterocycles. The first-order chi connectivity index (χ1) is 24.5. The van der Waals surface area contributed by atoms with Crippen molar-refractivity contribution in [3.05, 3.63) is 176 Å². The standard InChI is InChI=1S/C46H26Br4/c47-39-23-35-36(24-40(39)48)44(28-15-7-2-8-16-28)32-22-34-33(21-31(32)43(35)27-13-5-1-6-14-27)45(29-17-9-3-10-18-29)37-25-41(49)42(50)26-38(37)46(34)30-19-11-4-12-20-30/h1-26H. The van der Waals surface area contributed by atoms with Gasteiger partial charge in [0.15, 0.2) is 0 Å². The summed E-state index contributed by atoms with van der Waals surface area (Å²) in [6.45, 7) is 0. The number of rotatable bonds is 4. The Hall–Kier alpha value is -4.06. The van der Waals surface area contributed by atoms with Crippen LogP contribution in [0.25, 0.3) is 87.6 Å². The fourth-order valence-electron chi connectivity index (χ4n) is 7.59. The van der Waals surface area contributed by atoms with Crippen LogP contribution in [0.4, 0.5) is 0 Å². The van der Waals surface area contributed by atoms with Gasteiger partial charge in [0, 0.05) is 17.9 Å². The van der Waals surface area contributed by atoms with Gasteiger partial charge < -0.3 is 0 Å². The second kappa shape index (κ2) is 12.9. The van der Waals surface area contributed by atoms with E-state index < -0.39 is 0 Å². The smallest absolute Gasteiger partial charge is 0.0324 e. The molecule has 0 aliphatic heterocycles. The molecule has 0 bridgehead atoms. The highest BCUT2D eigenvalue weighted by Gasteiger charge is 2.23. The molecule has 0 amide bonds. The van der Waals surface area contributed by atoms with Crippen LogP contribution >= 0.6 is 63.7 Å². The average molecular weight is 898 g/mol. The van der Waals surface area contributed by atoms with E-state index in [9.17, 15) is 0 Å². The second-order valence-electron chi connectivity index (χ2n) is 12.5. The molecule has 0 N–H and O–H groups in total. The maximum Gasteiger partial charge on any atom is 0.0324 e. The Morgan fingerprint density at radius 3 is 0.600 bits per heavy atom. The summed E-state index contributed by atoms with van der Waals surface area (Å²) in [5.74, 6) is 0. The topological polar surface area (TPSA) is 0 Å². The van der Waals surface area contributed by atoms with Crippen LogP contribution in [0.5, 0.6) is 0 Å². The van der Waals surface area contributed by atoms with Crippen LogP contribution < -0.4 is 0 Å². The molecule has 9 rings (SSSR count). The molecule has 0 heterocycles. The van der Waals surface area contributed by atoms with Crippen LogP contribution in [0.3, 0.4) is 0 Å². The Balaban J connectivity index is 1.61. The van der Waals surface area contributed by atoms with E-state index in [4.69, 9.17) is 0 Å². The molecule has 9 aromatic carbocycles. The number of benzene rings is 9. The van der Waals surface area contributed by atoms with E-state index in [0.29, 0.717) is 0 Å². The van der Waals surface area contributed by atoms with Gasteiger partial charge in [-0.25, -0.2) is 0 Å². The quantitative estimate of drug-likeness (QED) is 0.154. The summed E-state index contributed by atoms with van der Waals surface area (Å²) < 4.78 is 4.11. The lowest BCUT2D eigenvalue weighted by atomic mass is 9.81. The van der Waals surface area contributed by atoms with Crippen molar-refractivity contribution >= 4 is 107 Å². The first kappa shape index (κ1) is 31.9. The molecular formula is C46H26Br4. The molecule has 0 spiro atoms. The van der Waals surface area contributed by atoms with Crippen molar-refractivity contribution < 1.29 is 0 Å². The Kier molecular flexibility index (Phi) is 8.24. The third-order valence-electron chi connectivity index (χ3n) is 9.68. The minimum absolute atomic E-state index is 1.03.